The van der Waals surface area contributed by atoms with Crippen molar-refractivity contribution in [3.63, 3.8) is 0 Å². The van der Waals surface area contributed by atoms with Gasteiger partial charge >= 0.3 is 0 Å². The fourth-order valence-electron chi connectivity index (χ4n) is 3.92. The van der Waals surface area contributed by atoms with E-state index in [-0.39, 0.29) is 11.9 Å². The van der Waals surface area contributed by atoms with E-state index >= 15 is 0 Å². The Morgan fingerprint density at radius 1 is 1.10 bits per heavy atom. The second-order valence-electron chi connectivity index (χ2n) is 7.42. The van der Waals surface area contributed by atoms with Gasteiger partial charge in [0.25, 0.3) is 0 Å². The molecule has 5 rings (SSSR count). The maximum atomic E-state index is 13.2. The highest BCUT2D eigenvalue weighted by molar-refractivity contribution is 7.18. The highest BCUT2D eigenvalue weighted by Gasteiger charge is 2.30. The normalized spacial score (nSPS) is 16.8. The van der Waals surface area contributed by atoms with E-state index in [4.69, 9.17) is 16.6 Å². The number of halogens is 1. The van der Waals surface area contributed by atoms with Gasteiger partial charge in [0.1, 0.15) is 10.0 Å². The second kappa shape index (κ2) is 8.46. The fourth-order valence-corrected chi connectivity index (χ4v) is 6.18. The van der Waals surface area contributed by atoms with Crippen LogP contribution in [0.2, 0.25) is 5.02 Å². The van der Waals surface area contributed by atoms with E-state index in [0.717, 1.165) is 52.6 Å². The number of benzene rings is 2. The number of para-hydroxylation sites is 1. The molecule has 4 aromatic rings. The summed E-state index contributed by atoms with van der Waals surface area (Å²) >= 11 is 9.53. The van der Waals surface area contributed by atoms with E-state index in [1.165, 1.54) is 16.0 Å². The molecule has 1 atom stereocenters. The monoisotopic (exact) mass is 453 g/mol. The number of aromatic nitrogens is 2. The standard InChI is InChI=1S/C23H20ClN3OS2/c24-17-8-2-1-7-16(17)22-25-15(14-29-22)13-21(28)27-12-6-5-10-19(27)23-26-18-9-3-4-11-20(18)30-23/h1-4,7-9,11,14,19H,5-6,10,12-13H2. The third-order valence-electron chi connectivity index (χ3n) is 5.41. The minimum Gasteiger partial charge on any atom is -0.333 e. The molecule has 2 aromatic heterocycles. The summed E-state index contributed by atoms with van der Waals surface area (Å²) in [5.41, 5.74) is 2.72. The maximum Gasteiger partial charge on any atom is 0.229 e. The summed E-state index contributed by atoms with van der Waals surface area (Å²) in [6.45, 7) is 0.779. The van der Waals surface area contributed by atoms with Gasteiger partial charge in [0.2, 0.25) is 5.91 Å². The molecular formula is C23H20ClN3OS2. The Bertz CT molecular complexity index is 1170. The molecule has 1 saturated heterocycles. The fraction of sp³-hybridized carbons (Fsp3) is 0.261. The Morgan fingerprint density at radius 2 is 1.93 bits per heavy atom. The number of nitrogens with zero attached hydrogens (tertiary/aromatic N) is 3. The van der Waals surface area contributed by atoms with Gasteiger partial charge < -0.3 is 4.90 Å². The van der Waals surface area contributed by atoms with Crippen LogP contribution in [0.5, 0.6) is 0 Å². The van der Waals surface area contributed by atoms with Crippen molar-refractivity contribution in [2.45, 2.75) is 31.7 Å². The molecule has 3 heterocycles. The molecule has 1 unspecified atom stereocenters. The van der Waals surface area contributed by atoms with Crippen LogP contribution < -0.4 is 0 Å². The lowest BCUT2D eigenvalue weighted by Gasteiger charge is -2.34. The molecule has 2 aromatic carbocycles. The first-order valence-electron chi connectivity index (χ1n) is 10.0. The highest BCUT2D eigenvalue weighted by atomic mass is 35.5. The number of piperidine rings is 1. The molecule has 1 amide bonds. The van der Waals surface area contributed by atoms with Gasteiger partial charge in [-0.05, 0) is 37.5 Å². The molecule has 0 radical (unpaired) electrons. The van der Waals surface area contributed by atoms with Gasteiger partial charge in [-0.1, -0.05) is 41.9 Å². The number of carbonyl (C=O) groups excluding carboxylic acids is 1. The Balaban J connectivity index is 1.36. The molecular weight excluding hydrogens is 434 g/mol. The van der Waals surface area contributed by atoms with Crippen molar-refractivity contribution in [2.75, 3.05) is 6.54 Å². The molecule has 4 nitrogen and oxygen atoms in total. The van der Waals surface area contributed by atoms with Gasteiger partial charge in [0, 0.05) is 17.5 Å². The Kier molecular flexibility index (Phi) is 5.54. The zero-order chi connectivity index (χ0) is 20.5. The van der Waals surface area contributed by atoms with Gasteiger partial charge in [-0.3, -0.25) is 4.79 Å². The molecule has 0 aliphatic carbocycles. The summed E-state index contributed by atoms with van der Waals surface area (Å²) in [6.07, 6.45) is 3.43. The lowest BCUT2D eigenvalue weighted by molar-refractivity contribution is -0.134. The van der Waals surface area contributed by atoms with Crippen molar-refractivity contribution in [3.05, 3.63) is 69.6 Å². The highest BCUT2D eigenvalue weighted by Crippen LogP contribution is 2.36. The zero-order valence-electron chi connectivity index (χ0n) is 16.3. The molecule has 7 heteroatoms. The van der Waals surface area contributed by atoms with Crippen molar-refractivity contribution >= 4 is 50.4 Å². The molecule has 152 valence electrons. The van der Waals surface area contributed by atoms with Crippen molar-refractivity contribution in [3.8, 4) is 10.6 Å². The summed E-state index contributed by atoms with van der Waals surface area (Å²) in [5, 5.41) is 4.54. The van der Waals surface area contributed by atoms with Crippen LogP contribution in [-0.4, -0.2) is 27.3 Å². The Hall–Kier alpha value is -2.28. The molecule has 1 fully saturated rings. The van der Waals surface area contributed by atoms with Gasteiger partial charge in [-0.15, -0.1) is 22.7 Å². The largest absolute Gasteiger partial charge is 0.333 e. The minimum atomic E-state index is 0.0605. The molecule has 0 N–H and O–H groups in total. The van der Waals surface area contributed by atoms with E-state index in [1.807, 2.05) is 52.7 Å². The summed E-state index contributed by atoms with van der Waals surface area (Å²) in [6, 6.07) is 15.9. The summed E-state index contributed by atoms with van der Waals surface area (Å²) in [5.74, 6) is 0.120. The van der Waals surface area contributed by atoms with Crippen LogP contribution in [0.15, 0.2) is 53.9 Å². The average molecular weight is 454 g/mol. The van der Waals surface area contributed by atoms with Crippen LogP contribution in [0.25, 0.3) is 20.8 Å². The van der Waals surface area contributed by atoms with E-state index in [9.17, 15) is 4.79 Å². The molecule has 1 aliphatic rings. The van der Waals surface area contributed by atoms with Gasteiger partial charge in [0.05, 0.1) is 33.4 Å². The number of hydrogen-bond donors (Lipinski definition) is 0. The Morgan fingerprint density at radius 3 is 2.80 bits per heavy atom. The first-order valence-corrected chi connectivity index (χ1v) is 12.1. The van der Waals surface area contributed by atoms with E-state index in [1.54, 1.807) is 11.3 Å². The average Bonchev–Trinajstić information content (AvgIpc) is 3.41. The number of amides is 1. The summed E-state index contributed by atoms with van der Waals surface area (Å²) < 4.78 is 1.18. The molecule has 0 saturated carbocycles. The molecule has 1 aliphatic heterocycles. The summed E-state index contributed by atoms with van der Waals surface area (Å²) in [7, 11) is 0. The second-order valence-corrected chi connectivity index (χ2v) is 9.75. The van der Waals surface area contributed by atoms with Gasteiger partial charge in [-0.2, -0.15) is 0 Å². The number of thiazole rings is 2. The SMILES string of the molecule is O=C(Cc1csc(-c2ccccc2Cl)n1)N1CCCCC1c1nc2ccccc2s1. The van der Waals surface area contributed by atoms with Gasteiger partial charge in [-0.25, -0.2) is 9.97 Å². The van der Waals surface area contributed by atoms with Crippen LogP contribution in [0.1, 0.15) is 36.0 Å². The quantitative estimate of drug-likeness (QED) is 0.360. The molecule has 0 bridgehead atoms. The number of likely N-dealkylation sites (tertiary alicyclic amines) is 1. The van der Waals surface area contributed by atoms with Crippen molar-refractivity contribution in [2.24, 2.45) is 0 Å². The lowest BCUT2D eigenvalue weighted by atomic mass is 10.0. The predicted molar refractivity (Wildman–Crippen MR) is 124 cm³/mol. The Labute approximate surface area is 188 Å². The van der Waals surface area contributed by atoms with E-state index in [2.05, 4.69) is 11.1 Å². The smallest absolute Gasteiger partial charge is 0.229 e. The van der Waals surface area contributed by atoms with Crippen molar-refractivity contribution < 1.29 is 4.79 Å². The lowest BCUT2D eigenvalue weighted by Crippen LogP contribution is -2.39. The summed E-state index contributed by atoms with van der Waals surface area (Å²) in [4.78, 5) is 24.7. The van der Waals surface area contributed by atoms with E-state index in [0.29, 0.717) is 11.4 Å². The number of rotatable bonds is 4. The zero-order valence-corrected chi connectivity index (χ0v) is 18.6. The van der Waals surface area contributed by atoms with Crippen molar-refractivity contribution in [1.29, 1.82) is 0 Å². The number of hydrogen-bond acceptors (Lipinski definition) is 5. The number of carbonyl (C=O) groups is 1. The maximum absolute atomic E-state index is 13.2. The molecule has 30 heavy (non-hydrogen) atoms. The third kappa shape index (κ3) is 3.87. The van der Waals surface area contributed by atoms with Crippen LogP contribution in [0.3, 0.4) is 0 Å². The topological polar surface area (TPSA) is 46.1 Å². The minimum absolute atomic E-state index is 0.0605. The van der Waals surface area contributed by atoms with Crippen LogP contribution in [0, 0.1) is 0 Å². The van der Waals surface area contributed by atoms with Crippen molar-refractivity contribution in [1.82, 2.24) is 14.9 Å². The van der Waals surface area contributed by atoms with Crippen LogP contribution in [0.4, 0.5) is 0 Å². The van der Waals surface area contributed by atoms with Crippen LogP contribution >= 0.6 is 34.3 Å². The number of fused-ring (bicyclic) bond motifs is 1. The molecule has 0 spiro atoms. The predicted octanol–water partition coefficient (Wildman–Crippen LogP) is 6.37. The third-order valence-corrected chi connectivity index (χ3v) is 7.80. The first-order chi connectivity index (χ1) is 14.7. The first kappa shape index (κ1) is 19.7. The van der Waals surface area contributed by atoms with Crippen LogP contribution in [-0.2, 0) is 11.2 Å². The van der Waals surface area contributed by atoms with Gasteiger partial charge in [0.15, 0.2) is 0 Å². The van der Waals surface area contributed by atoms with E-state index < -0.39 is 0 Å².